The third-order valence-corrected chi connectivity index (χ3v) is 10.9. The topological polar surface area (TPSA) is 80.7 Å². The van der Waals surface area contributed by atoms with E-state index < -0.39 is 9.84 Å². The van der Waals surface area contributed by atoms with Crippen LogP contribution in [0.25, 0.3) is 5.57 Å². The Balaban J connectivity index is 1.24. The number of ketones is 1. The first-order chi connectivity index (χ1) is 20.3. The number of phenolic OH excluding ortho intramolecular Hbond substituents is 1. The third-order valence-electron chi connectivity index (χ3n) is 8.84. The Labute approximate surface area is 252 Å². The number of Topliss-reactive ketones (excluding diaryl/α,β-unsaturated/α-hetero) is 1. The maximum absolute atomic E-state index is 13.5. The minimum atomic E-state index is -3.48. The predicted octanol–water partition coefficient (Wildman–Crippen LogP) is 8.45. The van der Waals surface area contributed by atoms with Gasteiger partial charge in [-0.2, -0.15) is 0 Å². The molecule has 1 heterocycles. The maximum atomic E-state index is 13.5. The smallest absolute Gasteiger partial charge is 0.231 e. The molecule has 0 aromatic heterocycles. The van der Waals surface area contributed by atoms with E-state index in [-0.39, 0.29) is 33.9 Å². The number of hydrogen-bond donors (Lipinski definition) is 1. The third kappa shape index (κ3) is 5.93. The van der Waals surface area contributed by atoms with E-state index >= 15 is 0 Å². The molecule has 2 aliphatic carbocycles. The number of rotatable bonds is 7. The van der Waals surface area contributed by atoms with Crippen molar-refractivity contribution in [1.29, 1.82) is 0 Å². The second-order valence-electron chi connectivity index (χ2n) is 11.7. The van der Waals surface area contributed by atoms with Gasteiger partial charge in [0.15, 0.2) is 15.6 Å². The zero-order chi connectivity index (χ0) is 29.3. The number of carbonyl (C=O) groups excluding carboxylic acids is 1. The van der Waals surface area contributed by atoms with Crippen molar-refractivity contribution in [2.45, 2.75) is 68.6 Å². The summed E-state index contributed by atoms with van der Waals surface area (Å²) in [5.74, 6) is 1.01. The summed E-state index contributed by atoms with van der Waals surface area (Å²) in [6, 6.07) is 17.4. The van der Waals surface area contributed by atoms with Gasteiger partial charge in [-0.05, 0) is 77.9 Å². The summed E-state index contributed by atoms with van der Waals surface area (Å²) < 4.78 is 32.3. The van der Waals surface area contributed by atoms with Crippen LogP contribution in [-0.4, -0.2) is 25.1 Å². The van der Waals surface area contributed by atoms with Crippen LogP contribution in [0, 0.1) is 5.92 Å². The van der Waals surface area contributed by atoms with Crippen LogP contribution >= 0.6 is 11.6 Å². The largest absolute Gasteiger partial charge is 0.508 e. The molecule has 0 amide bonds. The van der Waals surface area contributed by atoms with Crippen molar-refractivity contribution < 1.29 is 23.1 Å². The number of halogens is 1. The molecule has 1 atom stereocenters. The molecule has 0 saturated heterocycles. The average Bonchev–Trinajstić information content (AvgIpc) is 3.47. The predicted molar refractivity (Wildman–Crippen MR) is 166 cm³/mol. The number of sulfone groups is 1. The van der Waals surface area contributed by atoms with Crippen molar-refractivity contribution >= 4 is 32.8 Å². The van der Waals surface area contributed by atoms with E-state index in [0.29, 0.717) is 35.1 Å². The van der Waals surface area contributed by atoms with Crippen molar-refractivity contribution in [2.75, 3.05) is 5.75 Å². The molecule has 1 saturated carbocycles. The van der Waals surface area contributed by atoms with Crippen LogP contribution in [0.1, 0.15) is 84.3 Å². The molecule has 6 rings (SSSR count). The van der Waals surface area contributed by atoms with Gasteiger partial charge in [-0.1, -0.05) is 86.9 Å². The Morgan fingerprint density at radius 3 is 2.38 bits per heavy atom. The molecule has 0 spiro atoms. The number of aromatic hydroxyl groups is 1. The number of carbonyl (C=O) groups is 1. The Morgan fingerprint density at radius 2 is 1.62 bits per heavy atom. The zero-order valence-electron chi connectivity index (χ0n) is 23.5. The van der Waals surface area contributed by atoms with Gasteiger partial charge in [0.1, 0.15) is 11.5 Å². The summed E-state index contributed by atoms with van der Waals surface area (Å²) in [6.45, 7) is 0. The zero-order valence-corrected chi connectivity index (χ0v) is 25.1. The van der Waals surface area contributed by atoms with Crippen molar-refractivity contribution in [3.05, 3.63) is 106 Å². The lowest BCUT2D eigenvalue weighted by molar-refractivity contribution is 0.101. The SMILES string of the molecule is O=C1/C(=C/C2=CC(CCS(=O)(=O)c3ccc(Cl)cc3)c3ccccc32)Oc2c1ccc(O)c2CC1CCCCCCC1. The normalized spacial score (nSPS) is 20.0. The quantitative estimate of drug-likeness (QED) is 0.274. The monoisotopic (exact) mass is 602 g/mol. The summed E-state index contributed by atoms with van der Waals surface area (Å²) in [6.07, 6.45) is 13.3. The standard InChI is InChI=1S/C35H35ClO5S/c36-26-12-14-27(15-13-26)42(39,40)19-18-24-21-25(29-11-7-6-10-28(24)29)22-33-34(38)30-16-17-32(37)31(35(30)41-33)20-23-8-4-2-1-3-5-9-23/h6-7,10-17,21-24,37H,1-5,8-9,18-20H2/b33-22-. The fourth-order valence-electron chi connectivity index (χ4n) is 6.55. The Morgan fingerprint density at radius 1 is 0.905 bits per heavy atom. The summed E-state index contributed by atoms with van der Waals surface area (Å²) in [5, 5.41) is 11.3. The molecule has 1 unspecified atom stereocenters. The summed E-state index contributed by atoms with van der Waals surface area (Å²) >= 11 is 5.94. The molecular formula is C35H35ClO5S. The summed E-state index contributed by atoms with van der Waals surface area (Å²) in [4.78, 5) is 13.7. The maximum Gasteiger partial charge on any atom is 0.231 e. The molecule has 7 heteroatoms. The molecule has 3 aliphatic rings. The van der Waals surface area contributed by atoms with E-state index in [2.05, 4.69) is 0 Å². The highest BCUT2D eigenvalue weighted by molar-refractivity contribution is 7.91. The van der Waals surface area contributed by atoms with Crippen LogP contribution in [0.2, 0.25) is 5.02 Å². The van der Waals surface area contributed by atoms with Gasteiger partial charge in [0.25, 0.3) is 0 Å². The molecule has 3 aromatic rings. The molecule has 218 valence electrons. The van der Waals surface area contributed by atoms with Crippen LogP contribution in [0.4, 0.5) is 0 Å². The van der Waals surface area contributed by atoms with E-state index in [9.17, 15) is 18.3 Å². The molecule has 42 heavy (non-hydrogen) atoms. The molecule has 1 fully saturated rings. The van der Waals surface area contributed by atoms with E-state index in [0.717, 1.165) is 35.1 Å². The van der Waals surface area contributed by atoms with Crippen molar-refractivity contribution in [3.63, 3.8) is 0 Å². The number of ether oxygens (including phenoxy) is 1. The molecule has 0 bridgehead atoms. The number of fused-ring (bicyclic) bond motifs is 2. The second-order valence-corrected chi connectivity index (χ2v) is 14.2. The van der Waals surface area contributed by atoms with Gasteiger partial charge in [-0.25, -0.2) is 8.42 Å². The van der Waals surface area contributed by atoms with Crippen LogP contribution < -0.4 is 4.74 Å². The minimum Gasteiger partial charge on any atom is -0.508 e. The lowest BCUT2D eigenvalue weighted by Crippen LogP contribution is -2.09. The molecule has 0 radical (unpaired) electrons. The summed E-state index contributed by atoms with van der Waals surface area (Å²) in [7, 11) is -3.48. The van der Waals surface area contributed by atoms with Gasteiger partial charge in [0.2, 0.25) is 5.78 Å². The number of allylic oxidation sites excluding steroid dienone is 4. The molecular weight excluding hydrogens is 568 g/mol. The van der Waals surface area contributed by atoms with Gasteiger partial charge in [-0.15, -0.1) is 0 Å². The van der Waals surface area contributed by atoms with Gasteiger partial charge in [-0.3, -0.25) is 4.79 Å². The lowest BCUT2D eigenvalue weighted by atomic mass is 9.86. The van der Waals surface area contributed by atoms with E-state index in [1.165, 1.54) is 44.2 Å². The van der Waals surface area contributed by atoms with Crippen LogP contribution in [-0.2, 0) is 16.3 Å². The van der Waals surface area contributed by atoms with Crippen molar-refractivity contribution in [1.82, 2.24) is 0 Å². The first kappa shape index (κ1) is 28.8. The van der Waals surface area contributed by atoms with E-state index in [1.807, 2.05) is 30.3 Å². The van der Waals surface area contributed by atoms with Crippen LogP contribution in [0.5, 0.6) is 11.5 Å². The lowest BCUT2D eigenvalue weighted by Gasteiger charge is -2.21. The fourth-order valence-corrected chi connectivity index (χ4v) is 8.03. The molecule has 1 aliphatic heterocycles. The Hall–Kier alpha value is -3.35. The van der Waals surface area contributed by atoms with Crippen LogP contribution in [0.15, 0.2) is 83.5 Å². The first-order valence-corrected chi connectivity index (χ1v) is 16.9. The first-order valence-electron chi connectivity index (χ1n) is 14.9. The highest BCUT2D eigenvalue weighted by atomic mass is 35.5. The minimum absolute atomic E-state index is 0.0152. The van der Waals surface area contributed by atoms with Gasteiger partial charge in [0, 0.05) is 16.5 Å². The van der Waals surface area contributed by atoms with Gasteiger partial charge in [0.05, 0.1) is 16.2 Å². The van der Waals surface area contributed by atoms with E-state index in [1.54, 1.807) is 30.3 Å². The van der Waals surface area contributed by atoms with Crippen LogP contribution in [0.3, 0.4) is 0 Å². The number of phenols is 1. The highest BCUT2D eigenvalue weighted by Crippen LogP contribution is 2.44. The molecule has 1 N–H and O–H groups in total. The van der Waals surface area contributed by atoms with Gasteiger partial charge < -0.3 is 9.84 Å². The Kier molecular flexibility index (Phi) is 8.28. The van der Waals surface area contributed by atoms with Gasteiger partial charge >= 0.3 is 0 Å². The van der Waals surface area contributed by atoms with E-state index in [4.69, 9.17) is 16.3 Å². The van der Waals surface area contributed by atoms with Crippen molar-refractivity contribution in [2.24, 2.45) is 5.92 Å². The highest BCUT2D eigenvalue weighted by Gasteiger charge is 2.33. The van der Waals surface area contributed by atoms with Crippen molar-refractivity contribution in [3.8, 4) is 11.5 Å². The fraction of sp³-hybridized carbons (Fsp3) is 0.343. The molecule has 3 aromatic carbocycles. The molecule has 5 nitrogen and oxygen atoms in total. The number of hydrogen-bond acceptors (Lipinski definition) is 5. The second kappa shape index (κ2) is 12.1. The Bertz CT molecular complexity index is 1660. The average molecular weight is 603 g/mol. The number of benzene rings is 3. The summed E-state index contributed by atoms with van der Waals surface area (Å²) in [5.41, 5.74) is 4.03.